The molecule has 1 aliphatic heterocycles. The van der Waals surface area contributed by atoms with E-state index in [1.165, 1.54) is 31.0 Å². The first-order valence-electron chi connectivity index (χ1n) is 8.36. The Hall–Kier alpha value is -2.48. The van der Waals surface area contributed by atoms with Crippen LogP contribution in [0.5, 0.6) is 11.5 Å². The maximum absolute atomic E-state index is 12.8. The largest absolute Gasteiger partial charge is 0.508 e. The number of anilines is 1. The fraction of sp³-hybridized carbons (Fsp3) is 0.389. The maximum atomic E-state index is 12.8. The summed E-state index contributed by atoms with van der Waals surface area (Å²) in [5.74, 6) is 1.14. The van der Waals surface area contributed by atoms with Gasteiger partial charge in [-0.05, 0) is 12.5 Å². The van der Waals surface area contributed by atoms with Crippen molar-refractivity contribution in [2.45, 2.75) is 30.8 Å². The summed E-state index contributed by atoms with van der Waals surface area (Å²) in [6.45, 7) is 2.05. The minimum absolute atomic E-state index is 0.0587. The van der Waals surface area contributed by atoms with Gasteiger partial charge in [0.05, 0.1) is 12.7 Å². The van der Waals surface area contributed by atoms with Gasteiger partial charge in [0.2, 0.25) is 5.91 Å². The molecule has 8 heteroatoms. The molecule has 138 valence electrons. The SMILES string of the molecule is CCCSc1nc(=O)c2c(n1C)NC(=O)C[C@@H]2c1ccc(O)cc1OC. The lowest BCUT2D eigenvalue weighted by Gasteiger charge is -2.28. The average Bonchev–Trinajstić information content (AvgIpc) is 2.62. The molecule has 0 saturated heterocycles. The van der Waals surface area contributed by atoms with E-state index in [1.54, 1.807) is 17.7 Å². The van der Waals surface area contributed by atoms with Crippen molar-refractivity contribution in [1.29, 1.82) is 0 Å². The van der Waals surface area contributed by atoms with E-state index in [9.17, 15) is 14.7 Å². The number of hydrogen-bond donors (Lipinski definition) is 2. The molecule has 0 fully saturated rings. The molecule has 2 heterocycles. The quantitative estimate of drug-likeness (QED) is 0.616. The molecule has 1 aromatic carbocycles. The standard InChI is InChI=1S/C18H21N3O4S/c1-4-7-26-18-20-17(24)15-12(9-14(23)19-16(15)21(18)2)11-6-5-10(22)8-13(11)25-3/h5-6,8,12,22H,4,7,9H2,1-3H3,(H,19,23)/t12-/m1/s1. The highest BCUT2D eigenvalue weighted by Gasteiger charge is 2.33. The third kappa shape index (κ3) is 3.29. The third-order valence-electron chi connectivity index (χ3n) is 4.33. The van der Waals surface area contributed by atoms with Crippen molar-refractivity contribution in [1.82, 2.24) is 9.55 Å². The average molecular weight is 375 g/mol. The van der Waals surface area contributed by atoms with Crippen molar-refractivity contribution >= 4 is 23.5 Å². The molecule has 1 atom stereocenters. The van der Waals surface area contributed by atoms with Crippen molar-refractivity contribution in [2.75, 3.05) is 18.2 Å². The van der Waals surface area contributed by atoms with Crippen molar-refractivity contribution < 1.29 is 14.6 Å². The summed E-state index contributed by atoms with van der Waals surface area (Å²) in [5.41, 5.74) is 0.767. The molecule has 0 aliphatic carbocycles. The molecule has 0 bridgehead atoms. The number of carbonyl (C=O) groups is 1. The lowest BCUT2D eigenvalue weighted by molar-refractivity contribution is -0.116. The fourth-order valence-corrected chi connectivity index (χ4v) is 3.93. The van der Waals surface area contributed by atoms with E-state index in [0.29, 0.717) is 27.9 Å². The van der Waals surface area contributed by atoms with Gasteiger partial charge in [0.25, 0.3) is 5.56 Å². The molecule has 3 rings (SSSR count). The Bertz CT molecular complexity index is 910. The second-order valence-electron chi connectivity index (χ2n) is 6.10. The van der Waals surface area contributed by atoms with Crippen LogP contribution in [0.25, 0.3) is 0 Å². The number of phenolic OH excluding ortho intramolecular Hbond substituents is 1. The van der Waals surface area contributed by atoms with E-state index in [-0.39, 0.29) is 23.6 Å². The highest BCUT2D eigenvalue weighted by molar-refractivity contribution is 7.99. The monoisotopic (exact) mass is 375 g/mol. The zero-order valence-electron chi connectivity index (χ0n) is 14.9. The minimum atomic E-state index is -0.481. The van der Waals surface area contributed by atoms with E-state index < -0.39 is 5.92 Å². The Morgan fingerprint density at radius 1 is 1.42 bits per heavy atom. The number of phenols is 1. The van der Waals surface area contributed by atoms with Crippen LogP contribution in [0.2, 0.25) is 0 Å². The summed E-state index contributed by atoms with van der Waals surface area (Å²) < 4.78 is 7.11. The summed E-state index contributed by atoms with van der Waals surface area (Å²) in [7, 11) is 3.28. The number of aromatic nitrogens is 2. The summed E-state index contributed by atoms with van der Waals surface area (Å²) in [6, 6.07) is 4.68. The van der Waals surface area contributed by atoms with Crippen LogP contribution in [0.3, 0.4) is 0 Å². The first-order chi connectivity index (χ1) is 12.5. The van der Waals surface area contributed by atoms with Gasteiger partial charge >= 0.3 is 0 Å². The number of rotatable bonds is 5. The highest BCUT2D eigenvalue weighted by atomic mass is 32.2. The van der Waals surface area contributed by atoms with Crippen LogP contribution in [0.1, 0.15) is 36.8 Å². The number of amides is 1. The second kappa shape index (κ2) is 7.41. The van der Waals surface area contributed by atoms with Crippen LogP contribution >= 0.6 is 11.8 Å². The van der Waals surface area contributed by atoms with Gasteiger partial charge in [-0.2, -0.15) is 4.98 Å². The van der Waals surface area contributed by atoms with E-state index in [1.807, 2.05) is 0 Å². The Kier molecular flexibility index (Phi) is 5.22. The van der Waals surface area contributed by atoms with E-state index >= 15 is 0 Å². The molecule has 0 radical (unpaired) electrons. The summed E-state index contributed by atoms with van der Waals surface area (Å²) in [6.07, 6.45) is 1.07. The van der Waals surface area contributed by atoms with Crippen LogP contribution in [0, 0.1) is 0 Å². The van der Waals surface area contributed by atoms with Crippen molar-refractivity contribution in [3.8, 4) is 11.5 Å². The number of nitrogens with zero attached hydrogens (tertiary/aromatic N) is 2. The number of hydrogen-bond acceptors (Lipinski definition) is 6. The molecular formula is C18H21N3O4S. The first-order valence-corrected chi connectivity index (χ1v) is 9.35. The van der Waals surface area contributed by atoms with Crippen LogP contribution in [0.15, 0.2) is 28.2 Å². The van der Waals surface area contributed by atoms with Gasteiger partial charge < -0.3 is 19.7 Å². The highest BCUT2D eigenvalue weighted by Crippen LogP contribution is 2.40. The number of fused-ring (bicyclic) bond motifs is 1. The van der Waals surface area contributed by atoms with Gasteiger partial charge in [-0.3, -0.25) is 9.59 Å². The number of thioether (sulfide) groups is 1. The van der Waals surface area contributed by atoms with Crippen molar-refractivity contribution in [3.05, 3.63) is 39.7 Å². The van der Waals surface area contributed by atoms with Crippen LogP contribution in [0.4, 0.5) is 5.82 Å². The van der Waals surface area contributed by atoms with Gasteiger partial charge in [0.1, 0.15) is 17.3 Å². The predicted molar refractivity (Wildman–Crippen MR) is 100 cm³/mol. The maximum Gasteiger partial charge on any atom is 0.279 e. The molecule has 1 aliphatic rings. The smallest absolute Gasteiger partial charge is 0.279 e. The number of aromatic hydroxyl groups is 1. The molecule has 1 amide bonds. The van der Waals surface area contributed by atoms with Gasteiger partial charge in [0, 0.05) is 36.8 Å². The van der Waals surface area contributed by atoms with E-state index in [0.717, 1.165) is 12.2 Å². The molecule has 0 saturated carbocycles. The molecule has 2 N–H and O–H groups in total. The molecule has 1 aromatic heterocycles. The van der Waals surface area contributed by atoms with E-state index in [4.69, 9.17) is 4.74 Å². The minimum Gasteiger partial charge on any atom is -0.508 e. The lowest BCUT2D eigenvalue weighted by Crippen LogP contribution is -2.33. The number of carbonyl (C=O) groups excluding carboxylic acids is 1. The summed E-state index contributed by atoms with van der Waals surface area (Å²) in [4.78, 5) is 29.3. The zero-order chi connectivity index (χ0) is 18.8. The van der Waals surface area contributed by atoms with Gasteiger partial charge in [-0.25, -0.2) is 0 Å². The second-order valence-corrected chi connectivity index (χ2v) is 7.16. The molecule has 26 heavy (non-hydrogen) atoms. The van der Waals surface area contributed by atoms with Gasteiger partial charge in [-0.15, -0.1) is 0 Å². The number of nitrogens with one attached hydrogen (secondary N) is 1. The van der Waals surface area contributed by atoms with Crippen LogP contribution < -0.4 is 15.6 Å². The molecule has 2 aromatic rings. The summed E-state index contributed by atoms with van der Waals surface area (Å²) >= 11 is 1.48. The molecule has 0 spiro atoms. The molecular weight excluding hydrogens is 354 g/mol. The molecule has 7 nitrogen and oxygen atoms in total. The number of methoxy groups -OCH3 is 1. The van der Waals surface area contributed by atoms with Crippen molar-refractivity contribution in [2.24, 2.45) is 7.05 Å². The Morgan fingerprint density at radius 3 is 2.88 bits per heavy atom. The number of ether oxygens (including phenoxy) is 1. The zero-order valence-corrected chi connectivity index (χ0v) is 15.7. The summed E-state index contributed by atoms with van der Waals surface area (Å²) in [5, 5.41) is 13.1. The topological polar surface area (TPSA) is 93.5 Å². The lowest BCUT2D eigenvalue weighted by atomic mass is 9.86. The number of benzene rings is 1. The Morgan fingerprint density at radius 2 is 2.19 bits per heavy atom. The van der Waals surface area contributed by atoms with E-state index in [2.05, 4.69) is 17.2 Å². The van der Waals surface area contributed by atoms with Crippen LogP contribution in [-0.2, 0) is 11.8 Å². The third-order valence-corrected chi connectivity index (χ3v) is 5.56. The van der Waals surface area contributed by atoms with Crippen molar-refractivity contribution in [3.63, 3.8) is 0 Å². The predicted octanol–water partition coefficient (Wildman–Crippen LogP) is 2.47. The van der Waals surface area contributed by atoms with Gasteiger partial charge in [0.15, 0.2) is 5.16 Å². The van der Waals surface area contributed by atoms with Gasteiger partial charge in [-0.1, -0.05) is 24.8 Å². The van der Waals surface area contributed by atoms with Crippen LogP contribution in [-0.4, -0.2) is 33.4 Å². The normalized spacial score (nSPS) is 16.1. The Labute approximate surface area is 155 Å². The fourth-order valence-electron chi connectivity index (χ4n) is 3.11. The first kappa shape index (κ1) is 18.3. The Balaban J connectivity index is 2.17. The molecule has 0 unspecified atom stereocenters.